The number of aliphatic hydroxyl groups is 1. The van der Waals surface area contributed by atoms with Crippen molar-refractivity contribution in [3.8, 4) is 11.5 Å². The third-order valence-electron chi connectivity index (χ3n) is 2.88. The molecule has 1 aliphatic heterocycles. The molecule has 1 heterocycles. The monoisotopic (exact) mass is 300 g/mol. The van der Waals surface area contributed by atoms with E-state index >= 15 is 0 Å². The molecular formula is C12H16N2O5S. The summed E-state index contributed by atoms with van der Waals surface area (Å²) in [5.74, 6) is 0.826. The first-order valence-corrected chi connectivity index (χ1v) is 7.31. The summed E-state index contributed by atoms with van der Waals surface area (Å²) in [6.07, 6.45) is 1.63. The van der Waals surface area contributed by atoms with Crippen LogP contribution in [0.15, 0.2) is 30.3 Å². The van der Waals surface area contributed by atoms with E-state index < -0.39 is 10.2 Å². The van der Waals surface area contributed by atoms with Crippen LogP contribution in [0.1, 0.15) is 5.56 Å². The third-order valence-corrected chi connectivity index (χ3v) is 4.25. The van der Waals surface area contributed by atoms with Gasteiger partial charge in [0, 0.05) is 6.54 Å². The number of methoxy groups -OCH3 is 2. The second-order valence-electron chi connectivity index (χ2n) is 4.17. The zero-order valence-electron chi connectivity index (χ0n) is 11.2. The van der Waals surface area contributed by atoms with Gasteiger partial charge < -0.3 is 14.6 Å². The lowest BCUT2D eigenvalue weighted by atomic mass is 10.1. The molecule has 0 fully saturated rings. The van der Waals surface area contributed by atoms with Gasteiger partial charge in [0.05, 0.1) is 20.4 Å². The second kappa shape index (κ2) is 5.49. The van der Waals surface area contributed by atoms with Crippen LogP contribution in [0.25, 0.3) is 0 Å². The quantitative estimate of drug-likeness (QED) is 0.838. The van der Waals surface area contributed by atoms with E-state index in [1.54, 1.807) is 19.2 Å². The van der Waals surface area contributed by atoms with Crippen LogP contribution in [0, 0.1) is 0 Å². The summed E-state index contributed by atoms with van der Waals surface area (Å²) in [6, 6.07) is 5.39. The molecule has 8 heteroatoms. The predicted molar refractivity (Wildman–Crippen MR) is 72.7 cm³/mol. The number of hydrogen-bond acceptors (Lipinski definition) is 5. The number of ether oxygens (including phenoxy) is 2. The van der Waals surface area contributed by atoms with Gasteiger partial charge in [-0.05, 0) is 24.1 Å². The molecule has 0 amide bonds. The molecule has 0 bridgehead atoms. The Bertz CT molecular complexity index is 627. The highest BCUT2D eigenvalue weighted by atomic mass is 32.2. The van der Waals surface area contributed by atoms with Crippen LogP contribution in [0.3, 0.4) is 0 Å². The number of hydrogen-bond donors (Lipinski definition) is 2. The average molecular weight is 300 g/mol. The fraction of sp³-hybridized carbons (Fsp3) is 0.333. The Hall–Kier alpha value is -2.09. The van der Waals surface area contributed by atoms with Crippen LogP contribution in [0.5, 0.6) is 11.5 Å². The Morgan fingerprint density at radius 3 is 2.50 bits per heavy atom. The van der Waals surface area contributed by atoms with Crippen molar-refractivity contribution < 1.29 is 23.0 Å². The van der Waals surface area contributed by atoms with E-state index in [0.717, 1.165) is 16.1 Å². The average Bonchev–Trinajstić information content (AvgIpc) is 2.68. The van der Waals surface area contributed by atoms with Gasteiger partial charge in [-0.1, -0.05) is 6.07 Å². The van der Waals surface area contributed by atoms with Crippen LogP contribution in [0.4, 0.5) is 0 Å². The van der Waals surface area contributed by atoms with Crippen LogP contribution < -0.4 is 14.2 Å². The molecule has 1 aromatic rings. The standard InChI is InChI=1S/C12H16N2O5S/c1-18-10-4-3-9(7-11(10)19-2)5-6-14-8-12(15)13-20(14,16)17/h3-4,7-8,13,15H,5-6H2,1-2H3. The van der Waals surface area contributed by atoms with Gasteiger partial charge in [-0.25, -0.2) is 4.72 Å². The van der Waals surface area contributed by atoms with Crippen LogP contribution in [-0.4, -0.2) is 38.6 Å². The maximum atomic E-state index is 11.6. The molecule has 0 atom stereocenters. The minimum Gasteiger partial charge on any atom is -0.493 e. The number of nitrogens with zero attached hydrogens (tertiary/aromatic N) is 1. The number of benzene rings is 1. The molecule has 0 aromatic heterocycles. The van der Waals surface area contributed by atoms with Gasteiger partial charge in [0.25, 0.3) is 0 Å². The Labute approximate surface area is 117 Å². The maximum absolute atomic E-state index is 11.6. The highest BCUT2D eigenvalue weighted by Gasteiger charge is 2.26. The van der Waals surface area contributed by atoms with Gasteiger partial charge in [0.15, 0.2) is 11.5 Å². The SMILES string of the molecule is COc1ccc(CCN2C=C(O)NS2(=O)=O)cc1OC. The third kappa shape index (κ3) is 2.90. The summed E-state index contributed by atoms with van der Waals surface area (Å²) in [7, 11) is -0.562. The van der Waals surface area contributed by atoms with Crippen LogP contribution >= 0.6 is 0 Å². The fourth-order valence-corrected chi connectivity index (χ4v) is 2.89. The predicted octanol–water partition coefficient (Wildman–Crippen LogP) is 0.753. The molecule has 0 saturated carbocycles. The summed E-state index contributed by atoms with van der Waals surface area (Å²) in [6.45, 7) is 0.217. The van der Waals surface area contributed by atoms with Crippen LogP contribution in [-0.2, 0) is 16.6 Å². The first-order chi connectivity index (χ1) is 9.46. The molecule has 0 radical (unpaired) electrons. The van der Waals surface area contributed by atoms with Crippen molar-refractivity contribution in [2.75, 3.05) is 20.8 Å². The van der Waals surface area contributed by atoms with Crippen molar-refractivity contribution in [1.82, 2.24) is 9.03 Å². The van der Waals surface area contributed by atoms with Crippen molar-refractivity contribution in [3.05, 3.63) is 35.8 Å². The molecule has 0 aliphatic carbocycles. The lowest BCUT2D eigenvalue weighted by molar-refractivity contribution is 0.354. The van der Waals surface area contributed by atoms with Crippen molar-refractivity contribution in [2.45, 2.75) is 6.42 Å². The van der Waals surface area contributed by atoms with E-state index in [0.29, 0.717) is 17.9 Å². The first-order valence-electron chi connectivity index (χ1n) is 5.87. The molecule has 0 saturated heterocycles. The normalized spacial score (nSPS) is 16.5. The van der Waals surface area contributed by atoms with Crippen molar-refractivity contribution in [1.29, 1.82) is 0 Å². The summed E-state index contributed by atoms with van der Waals surface area (Å²) in [5.41, 5.74) is 0.901. The van der Waals surface area contributed by atoms with Crippen LogP contribution in [0.2, 0.25) is 0 Å². The van der Waals surface area contributed by atoms with E-state index in [1.165, 1.54) is 7.11 Å². The van der Waals surface area contributed by atoms with E-state index in [4.69, 9.17) is 9.47 Å². The van der Waals surface area contributed by atoms with E-state index in [1.807, 2.05) is 10.8 Å². The Kier molecular flexibility index (Phi) is 3.93. The number of aliphatic hydroxyl groups excluding tert-OH is 1. The lowest BCUT2D eigenvalue weighted by Crippen LogP contribution is -2.31. The van der Waals surface area contributed by atoms with Gasteiger partial charge in [-0.3, -0.25) is 4.31 Å². The highest BCUT2D eigenvalue weighted by molar-refractivity contribution is 7.87. The molecule has 1 aromatic carbocycles. The van der Waals surface area contributed by atoms with E-state index in [2.05, 4.69) is 0 Å². The summed E-state index contributed by atoms with van der Waals surface area (Å²) < 4.78 is 36.5. The molecule has 2 N–H and O–H groups in total. The topological polar surface area (TPSA) is 88.1 Å². The largest absolute Gasteiger partial charge is 0.493 e. The summed E-state index contributed by atoms with van der Waals surface area (Å²) in [4.78, 5) is 0. The highest BCUT2D eigenvalue weighted by Crippen LogP contribution is 2.27. The first kappa shape index (κ1) is 14.3. The minimum absolute atomic E-state index is 0.217. The molecule has 20 heavy (non-hydrogen) atoms. The van der Waals surface area contributed by atoms with Gasteiger partial charge >= 0.3 is 10.2 Å². The molecule has 0 unspecified atom stereocenters. The molecule has 0 spiro atoms. The molecule has 110 valence electrons. The van der Waals surface area contributed by atoms with E-state index in [-0.39, 0.29) is 12.4 Å². The zero-order chi connectivity index (χ0) is 14.8. The smallest absolute Gasteiger partial charge is 0.325 e. The fourth-order valence-electron chi connectivity index (χ4n) is 1.88. The van der Waals surface area contributed by atoms with Gasteiger partial charge in [0.1, 0.15) is 0 Å². The Balaban J connectivity index is 2.08. The number of nitrogens with one attached hydrogen (secondary N) is 1. The Morgan fingerprint density at radius 2 is 1.95 bits per heavy atom. The molecule has 7 nitrogen and oxygen atoms in total. The maximum Gasteiger partial charge on any atom is 0.325 e. The number of rotatable bonds is 5. The van der Waals surface area contributed by atoms with Gasteiger partial charge in [0.2, 0.25) is 5.88 Å². The van der Waals surface area contributed by atoms with Gasteiger partial charge in [-0.2, -0.15) is 8.42 Å². The molecule has 1 aliphatic rings. The second-order valence-corrected chi connectivity index (χ2v) is 5.79. The van der Waals surface area contributed by atoms with E-state index in [9.17, 15) is 13.5 Å². The van der Waals surface area contributed by atoms with Crippen molar-refractivity contribution in [3.63, 3.8) is 0 Å². The van der Waals surface area contributed by atoms with Gasteiger partial charge in [-0.15, -0.1) is 0 Å². The summed E-state index contributed by atoms with van der Waals surface area (Å²) in [5, 5.41) is 9.18. The van der Waals surface area contributed by atoms with Crippen molar-refractivity contribution in [2.24, 2.45) is 0 Å². The molecule has 2 rings (SSSR count). The lowest BCUT2D eigenvalue weighted by Gasteiger charge is -2.14. The summed E-state index contributed by atoms with van der Waals surface area (Å²) >= 11 is 0. The Morgan fingerprint density at radius 1 is 1.25 bits per heavy atom. The molecular weight excluding hydrogens is 284 g/mol. The van der Waals surface area contributed by atoms with Crippen molar-refractivity contribution >= 4 is 10.2 Å². The zero-order valence-corrected chi connectivity index (χ0v) is 12.0. The minimum atomic E-state index is -3.65.